The second-order valence-electron chi connectivity index (χ2n) is 24.1. The van der Waals surface area contributed by atoms with E-state index in [1.54, 1.807) is 0 Å². The second-order valence-corrected chi connectivity index (χ2v) is 24.1. The molecule has 2 unspecified atom stereocenters. The first-order chi connectivity index (χ1) is 37.1. The van der Waals surface area contributed by atoms with Gasteiger partial charge in [0, 0.05) is 12.8 Å². The number of carbonyl (C=O) groups is 4. The number of nitrogens with zero attached hydrogens (tertiary/aromatic N) is 2. The van der Waals surface area contributed by atoms with Crippen molar-refractivity contribution in [1.82, 2.24) is 9.80 Å². The average molecular weight is 1080 g/mol. The Morgan fingerprint density at radius 2 is 0.658 bits per heavy atom. The van der Waals surface area contributed by atoms with Gasteiger partial charge in [0.1, 0.15) is 0 Å². The van der Waals surface area contributed by atoms with Gasteiger partial charge in [0.2, 0.25) is 0 Å². The molecule has 76 heavy (non-hydrogen) atoms. The highest BCUT2D eigenvalue weighted by Gasteiger charge is 2.27. The highest BCUT2D eigenvalue weighted by Crippen LogP contribution is 2.25. The van der Waals surface area contributed by atoms with E-state index in [-0.39, 0.29) is 29.7 Å². The summed E-state index contributed by atoms with van der Waals surface area (Å²) in [6.07, 6.45) is 54.3. The van der Waals surface area contributed by atoms with E-state index in [4.69, 9.17) is 19.3 Å². The number of hydrogen-bond donors (Lipinski definition) is 1. The van der Waals surface area contributed by atoms with Gasteiger partial charge < -0.3 is 29.1 Å². The summed E-state index contributed by atoms with van der Waals surface area (Å²) in [6.45, 7) is 12.6. The zero-order valence-electron chi connectivity index (χ0n) is 51.0. The molecule has 10 nitrogen and oxygen atoms in total. The first-order valence-corrected chi connectivity index (χ1v) is 33.2. The predicted octanol–water partition coefficient (Wildman–Crippen LogP) is 18.0. The standard InChI is InChI=1S/C38H73NO4.C28H53NO4/c1-4-6-8-10-12-14-18-22-26-35(34-43-38(41)36-29-31-39(3)32-30-36)27-23-19-15-16-20-24-28-37(40)42-33-25-21-17-13-11-9-7-5-2;1-3-4-5-6-7-8-11-14-17-25(18-15-12-9-10-13-16-19-27(30)31)24-33-28(32)26-20-22-29(2)23-21-26/h35-36H,4-34H2,1-3H3;25-26H,3-24H2,1-2H3,(H,30,31). The largest absolute Gasteiger partial charge is 0.481 e. The molecule has 0 bridgehead atoms. The van der Waals surface area contributed by atoms with Gasteiger partial charge in [-0.1, -0.05) is 233 Å². The fourth-order valence-electron chi connectivity index (χ4n) is 11.2. The highest BCUT2D eigenvalue weighted by molar-refractivity contribution is 5.73. The zero-order valence-corrected chi connectivity index (χ0v) is 51.0. The fraction of sp³-hybridized carbons (Fsp3) is 0.939. The summed E-state index contributed by atoms with van der Waals surface area (Å²) in [7, 11) is 4.25. The van der Waals surface area contributed by atoms with E-state index in [9.17, 15) is 19.2 Å². The number of esters is 3. The normalized spacial score (nSPS) is 15.5. The predicted molar refractivity (Wildman–Crippen MR) is 319 cm³/mol. The first kappa shape index (κ1) is 71.8. The minimum absolute atomic E-state index is 0.0125. The Morgan fingerprint density at radius 3 is 0.974 bits per heavy atom. The fourth-order valence-corrected chi connectivity index (χ4v) is 11.2. The molecule has 2 saturated heterocycles. The maximum atomic E-state index is 12.7. The van der Waals surface area contributed by atoms with Gasteiger partial charge in [0.05, 0.1) is 31.7 Å². The van der Waals surface area contributed by atoms with Crippen LogP contribution in [0, 0.1) is 23.7 Å². The third-order valence-electron chi connectivity index (χ3n) is 16.7. The van der Waals surface area contributed by atoms with E-state index >= 15 is 0 Å². The summed E-state index contributed by atoms with van der Waals surface area (Å²) in [6, 6.07) is 0. The smallest absolute Gasteiger partial charge is 0.309 e. The average Bonchev–Trinajstić information content (AvgIpc) is 3.41. The molecule has 448 valence electrons. The third kappa shape index (κ3) is 45.6. The van der Waals surface area contributed by atoms with Crippen molar-refractivity contribution in [3.8, 4) is 0 Å². The molecule has 0 aromatic rings. The molecule has 0 aromatic heterocycles. The third-order valence-corrected chi connectivity index (χ3v) is 16.7. The Kier molecular flexibility index (Phi) is 50.5. The molecular formula is C66H126N2O8. The van der Waals surface area contributed by atoms with Crippen LogP contribution in [0.25, 0.3) is 0 Å². The molecule has 2 fully saturated rings. The van der Waals surface area contributed by atoms with Crippen molar-refractivity contribution in [3.63, 3.8) is 0 Å². The van der Waals surface area contributed by atoms with Crippen LogP contribution in [-0.4, -0.2) is 98.9 Å². The number of piperidine rings is 2. The molecule has 2 heterocycles. The Bertz CT molecular complexity index is 1310. The number of aliphatic carboxylic acids is 1. The van der Waals surface area contributed by atoms with Crippen LogP contribution in [0.5, 0.6) is 0 Å². The van der Waals surface area contributed by atoms with Gasteiger partial charge in [0.25, 0.3) is 0 Å². The quantitative estimate of drug-likeness (QED) is 0.0358. The number of ether oxygens (including phenoxy) is 3. The molecule has 0 amide bonds. The van der Waals surface area contributed by atoms with Crippen molar-refractivity contribution in [2.75, 3.05) is 60.1 Å². The van der Waals surface area contributed by atoms with Crippen molar-refractivity contribution in [1.29, 1.82) is 0 Å². The lowest BCUT2D eigenvalue weighted by atomic mass is 9.94. The highest BCUT2D eigenvalue weighted by atomic mass is 16.5. The molecule has 1 N–H and O–H groups in total. The summed E-state index contributed by atoms with van der Waals surface area (Å²) in [5.74, 6) is 0.569. The summed E-state index contributed by atoms with van der Waals surface area (Å²) in [5.41, 5.74) is 0. The minimum Gasteiger partial charge on any atom is -0.481 e. The number of carboxylic acids is 1. The maximum absolute atomic E-state index is 12.7. The van der Waals surface area contributed by atoms with E-state index in [0.717, 1.165) is 96.8 Å². The molecule has 2 atom stereocenters. The number of carbonyl (C=O) groups excluding carboxylic acids is 3. The SMILES string of the molecule is CCCCCCCCCCC(CCCCCCCCC(=O)O)COC(=O)C1CCN(C)CC1.CCCCCCCCCCOC(=O)CCCCCCCCC(CCCCCCCCCC)COC(=O)C1CCN(C)CC1. The van der Waals surface area contributed by atoms with Gasteiger partial charge in [-0.3, -0.25) is 19.2 Å². The zero-order chi connectivity index (χ0) is 55.4. The number of rotatable bonds is 51. The summed E-state index contributed by atoms with van der Waals surface area (Å²) >= 11 is 0. The lowest BCUT2D eigenvalue weighted by molar-refractivity contribution is -0.152. The lowest BCUT2D eigenvalue weighted by Gasteiger charge is -2.28. The van der Waals surface area contributed by atoms with Crippen molar-refractivity contribution in [2.45, 2.75) is 316 Å². The molecule has 2 rings (SSSR count). The molecule has 0 aliphatic carbocycles. The molecule has 0 spiro atoms. The molecule has 10 heteroatoms. The van der Waals surface area contributed by atoms with Crippen LogP contribution in [0.4, 0.5) is 0 Å². The Hall–Kier alpha value is -2.20. The summed E-state index contributed by atoms with van der Waals surface area (Å²) in [5, 5.41) is 8.71. The van der Waals surface area contributed by atoms with Gasteiger partial charge in [-0.05, 0) is 123 Å². The van der Waals surface area contributed by atoms with E-state index in [1.807, 2.05) is 0 Å². The van der Waals surface area contributed by atoms with Crippen molar-refractivity contribution in [3.05, 3.63) is 0 Å². The van der Waals surface area contributed by atoms with Gasteiger partial charge in [-0.15, -0.1) is 0 Å². The Morgan fingerprint density at radius 1 is 0.382 bits per heavy atom. The number of unbranched alkanes of at least 4 members (excludes halogenated alkanes) is 31. The van der Waals surface area contributed by atoms with Crippen LogP contribution >= 0.6 is 0 Å². The van der Waals surface area contributed by atoms with Crippen LogP contribution in [0.1, 0.15) is 316 Å². The molecular weight excluding hydrogens is 949 g/mol. The van der Waals surface area contributed by atoms with Crippen LogP contribution in [0.2, 0.25) is 0 Å². The second kappa shape index (κ2) is 53.4. The van der Waals surface area contributed by atoms with Crippen molar-refractivity contribution in [2.24, 2.45) is 23.7 Å². The van der Waals surface area contributed by atoms with Crippen LogP contribution in [0.3, 0.4) is 0 Å². The lowest BCUT2D eigenvalue weighted by Crippen LogP contribution is -2.34. The van der Waals surface area contributed by atoms with E-state index in [2.05, 4.69) is 44.7 Å². The molecule has 2 aliphatic heterocycles. The van der Waals surface area contributed by atoms with E-state index in [0.29, 0.717) is 44.5 Å². The topological polar surface area (TPSA) is 123 Å². The molecule has 0 aromatic carbocycles. The van der Waals surface area contributed by atoms with Crippen molar-refractivity contribution < 1.29 is 38.5 Å². The minimum atomic E-state index is -0.686. The summed E-state index contributed by atoms with van der Waals surface area (Å²) < 4.78 is 17.2. The first-order valence-electron chi connectivity index (χ1n) is 33.2. The maximum Gasteiger partial charge on any atom is 0.309 e. The van der Waals surface area contributed by atoms with Crippen LogP contribution in [-0.2, 0) is 33.4 Å². The van der Waals surface area contributed by atoms with Gasteiger partial charge in [-0.2, -0.15) is 0 Å². The number of carboxylic acid groups (broad SMARTS) is 1. The van der Waals surface area contributed by atoms with Gasteiger partial charge >= 0.3 is 23.9 Å². The Labute approximate surface area is 470 Å². The van der Waals surface area contributed by atoms with Crippen LogP contribution < -0.4 is 0 Å². The van der Waals surface area contributed by atoms with Crippen LogP contribution in [0.15, 0.2) is 0 Å². The van der Waals surface area contributed by atoms with Gasteiger partial charge in [-0.25, -0.2) is 0 Å². The van der Waals surface area contributed by atoms with Gasteiger partial charge in [0.15, 0.2) is 0 Å². The monoisotopic (exact) mass is 1070 g/mol. The van der Waals surface area contributed by atoms with E-state index < -0.39 is 5.97 Å². The molecule has 2 aliphatic rings. The summed E-state index contributed by atoms with van der Waals surface area (Å²) in [4.78, 5) is 52.4. The Balaban J connectivity index is 0.000000787. The molecule has 0 saturated carbocycles. The van der Waals surface area contributed by atoms with E-state index in [1.165, 1.54) is 212 Å². The van der Waals surface area contributed by atoms with Crippen molar-refractivity contribution >= 4 is 23.9 Å². The number of likely N-dealkylation sites (tertiary alicyclic amines) is 2. The number of hydrogen-bond acceptors (Lipinski definition) is 9. The molecule has 0 radical (unpaired) electrons.